The molecular formula is C16H28N2O3. The molecule has 0 aromatic carbocycles. The standard InChI is InChI=1S/C16H28N2O3/c1-4-18(11(2)7-15(19)20)16(21)17(3)10-14-9-12-5-6-13(14)8-12/h11-14H,4-10H2,1-3H3,(H,19,20). The molecule has 4 unspecified atom stereocenters. The minimum Gasteiger partial charge on any atom is -0.481 e. The molecule has 0 aromatic heterocycles. The van der Waals surface area contributed by atoms with E-state index in [9.17, 15) is 9.59 Å². The summed E-state index contributed by atoms with van der Waals surface area (Å²) in [6.07, 6.45) is 5.31. The summed E-state index contributed by atoms with van der Waals surface area (Å²) in [5.74, 6) is 1.48. The molecule has 2 aliphatic rings. The Bertz CT molecular complexity index is 399. The largest absolute Gasteiger partial charge is 0.481 e. The summed E-state index contributed by atoms with van der Waals surface area (Å²) in [7, 11) is 1.85. The zero-order valence-corrected chi connectivity index (χ0v) is 13.4. The van der Waals surface area contributed by atoms with Crippen molar-refractivity contribution in [1.29, 1.82) is 0 Å². The molecule has 2 fully saturated rings. The number of urea groups is 1. The van der Waals surface area contributed by atoms with Crippen LogP contribution in [0, 0.1) is 17.8 Å². The first-order chi connectivity index (χ1) is 9.92. The van der Waals surface area contributed by atoms with Crippen LogP contribution in [0.3, 0.4) is 0 Å². The second-order valence-corrected chi connectivity index (χ2v) is 6.83. The molecule has 21 heavy (non-hydrogen) atoms. The number of aliphatic carboxylic acids is 1. The Balaban J connectivity index is 1.89. The second-order valence-electron chi connectivity index (χ2n) is 6.83. The number of carbonyl (C=O) groups is 2. The van der Waals surface area contributed by atoms with Crippen LogP contribution in [0.15, 0.2) is 0 Å². The first-order valence-electron chi connectivity index (χ1n) is 8.15. The predicted octanol–water partition coefficient (Wildman–Crippen LogP) is 2.66. The van der Waals surface area contributed by atoms with E-state index in [0.717, 1.165) is 18.4 Å². The number of amides is 2. The van der Waals surface area contributed by atoms with Gasteiger partial charge in [-0.15, -0.1) is 0 Å². The molecule has 2 aliphatic carbocycles. The molecule has 120 valence electrons. The Labute approximate surface area is 127 Å². The van der Waals surface area contributed by atoms with Crippen LogP contribution < -0.4 is 0 Å². The maximum absolute atomic E-state index is 12.6. The lowest BCUT2D eigenvalue weighted by molar-refractivity contribution is -0.138. The van der Waals surface area contributed by atoms with E-state index < -0.39 is 5.97 Å². The SMILES string of the molecule is CCN(C(=O)N(C)CC1CC2CCC1C2)C(C)CC(=O)O. The Morgan fingerprint density at radius 2 is 2.00 bits per heavy atom. The number of carboxylic acid groups (broad SMARTS) is 1. The van der Waals surface area contributed by atoms with Gasteiger partial charge in [-0.05, 0) is 50.9 Å². The van der Waals surface area contributed by atoms with Crippen molar-refractivity contribution >= 4 is 12.0 Å². The minimum absolute atomic E-state index is 0.00154. The number of carbonyl (C=O) groups excluding carboxylic acids is 1. The maximum atomic E-state index is 12.6. The maximum Gasteiger partial charge on any atom is 0.319 e. The summed E-state index contributed by atoms with van der Waals surface area (Å²) in [5, 5.41) is 8.90. The van der Waals surface area contributed by atoms with Crippen LogP contribution in [-0.2, 0) is 4.79 Å². The number of carboxylic acids is 1. The fraction of sp³-hybridized carbons (Fsp3) is 0.875. The number of hydrogen-bond donors (Lipinski definition) is 1. The van der Waals surface area contributed by atoms with Crippen molar-refractivity contribution in [2.24, 2.45) is 17.8 Å². The second kappa shape index (κ2) is 6.67. The molecule has 5 heteroatoms. The van der Waals surface area contributed by atoms with Gasteiger partial charge in [0, 0.05) is 26.2 Å². The van der Waals surface area contributed by atoms with Crippen molar-refractivity contribution in [3.63, 3.8) is 0 Å². The van der Waals surface area contributed by atoms with Gasteiger partial charge < -0.3 is 14.9 Å². The molecule has 2 amide bonds. The highest BCUT2D eigenvalue weighted by atomic mass is 16.4. The van der Waals surface area contributed by atoms with Gasteiger partial charge in [0.05, 0.1) is 6.42 Å². The first-order valence-corrected chi connectivity index (χ1v) is 8.15. The molecule has 0 aromatic rings. The van der Waals surface area contributed by atoms with Crippen molar-refractivity contribution in [3.05, 3.63) is 0 Å². The van der Waals surface area contributed by atoms with E-state index >= 15 is 0 Å². The molecule has 0 radical (unpaired) electrons. The lowest BCUT2D eigenvalue weighted by atomic mass is 9.88. The lowest BCUT2D eigenvalue weighted by Gasteiger charge is -2.34. The van der Waals surface area contributed by atoms with E-state index in [-0.39, 0.29) is 18.5 Å². The van der Waals surface area contributed by atoms with Gasteiger partial charge in [0.15, 0.2) is 0 Å². The van der Waals surface area contributed by atoms with Gasteiger partial charge >= 0.3 is 12.0 Å². The quantitative estimate of drug-likeness (QED) is 0.819. The normalized spacial score (nSPS) is 28.4. The number of fused-ring (bicyclic) bond motifs is 2. The molecule has 4 atom stereocenters. The Morgan fingerprint density at radius 1 is 1.29 bits per heavy atom. The summed E-state index contributed by atoms with van der Waals surface area (Å²) in [6, 6.07) is -0.295. The first kappa shape index (κ1) is 16.1. The Hall–Kier alpha value is -1.26. The monoisotopic (exact) mass is 296 g/mol. The third-order valence-electron chi connectivity index (χ3n) is 5.31. The fourth-order valence-corrected chi connectivity index (χ4v) is 4.25. The Kier molecular flexibility index (Phi) is 5.12. The van der Waals surface area contributed by atoms with E-state index in [1.54, 1.807) is 16.7 Å². The topological polar surface area (TPSA) is 60.9 Å². The van der Waals surface area contributed by atoms with Crippen molar-refractivity contribution in [2.75, 3.05) is 20.1 Å². The van der Waals surface area contributed by atoms with Crippen LogP contribution in [0.25, 0.3) is 0 Å². The minimum atomic E-state index is -0.857. The van der Waals surface area contributed by atoms with Crippen LogP contribution >= 0.6 is 0 Å². The number of rotatable bonds is 6. The van der Waals surface area contributed by atoms with Crippen LogP contribution in [0.2, 0.25) is 0 Å². The molecule has 1 N–H and O–H groups in total. The third-order valence-corrected chi connectivity index (χ3v) is 5.31. The highest BCUT2D eigenvalue weighted by Crippen LogP contribution is 2.48. The molecule has 0 spiro atoms. The molecule has 0 heterocycles. The van der Waals surface area contributed by atoms with Crippen LogP contribution in [0.1, 0.15) is 46.0 Å². The third kappa shape index (κ3) is 3.69. The highest BCUT2D eigenvalue weighted by molar-refractivity contribution is 5.75. The smallest absolute Gasteiger partial charge is 0.319 e. The van der Waals surface area contributed by atoms with Gasteiger partial charge in [0.25, 0.3) is 0 Å². The van der Waals surface area contributed by atoms with Gasteiger partial charge in [-0.2, -0.15) is 0 Å². The summed E-state index contributed by atoms with van der Waals surface area (Å²) >= 11 is 0. The van der Waals surface area contributed by atoms with Crippen molar-refractivity contribution in [3.8, 4) is 0 Å². The summed E-state index contributed by atoms with van der Waals surface area (Å²) < 4.78 is 0. The average Bonchev–Trinajstić information content (AvgIpc) is 3.00. The number of hydrogen-bond acceptors (Lipinski definition) is 2. The summed E-state index contributed by atoms with van der Waals surface area (Å²) in [5.41, 5.74) is 0. The van der Waals surface area contributed by atoms with Crippen LogP contribution in [0.4, 0.5) is 4.79 Å². The van der Waals surface area contributed by atoms with Gasteiger partial charge in [-0.1, -0.05) is 6.42 Å². The zero-order valence-electron chi connectivity index (χ0n) is 13.4. The van der Waals surface area contributed by atoms with E-state index in [0.29, 0.717) is 12.5 Å². The van der Waals surface area contributed by atoms with Gasteiger partial charge in [0.1, 0.15) is 0 Å². The van der Waals surface area contributed by atoms with Crippen molar-refractivity contribution in [1.82, 2.24) is 9.80 Å². The molecule has 0 saturated heterocycles. The van der Waals surface area contributed by atoms with Gasteiger partial charge in [-0.25, -0.2) is 4.79 Å². The molecule has 2 bridgehead atoms. The molecule has 2 rings (SSSR count). The fourth-order valence-electron chi connectivity index (χ4n) is 4.25. The van der Waals surface area contributed by atoms with E-state index in [2.05, 4.69) is 0 Å². The molecular weight excluding hydrogens is 268 g/mol. The number of nitrogens with zero attached hydrogens (tertiary/aromatic N) is 2. The average molecular weight is 296 g/mol. The van der Waals surface area contributed by atoms with Gasteiger partial charge in [-0.3, -0.25) is 4.79 Å². The van der Waals surface area contributed by atoms with Gasteiger partial charge in [0.2, 0.25) is 0 Å². The van der Waals surface area contributed by atoms with E-state index in [1.165, 1.54) is 25.7 Å². The summed E-state index contributed by atoms with van der Waals surface area (Å²) in [6.45, 7) is 5.08. The Morgan fingerprint density at radius 3 is 2.48 bits per heavy atom. The van der Waals surface area contributed by atoms with Crippen LogP contribution in [-0.4, -0.2) is 53.1 Å². The van der Waals surface area contributed by atoms with Crippen molar-refractivity contribution in [2.45, 2.75) is 52.0 Å². The molecule has 0 aliphatic heterocycles. The van der Waals surface area contributed by atoms with Crippen molar-refractivity contribution < 1.29 is 14.7 Å². The van der Waals surface area contributed by atoms with E-state index in [4.69, 9.17) is 5.11 Å². The van der Waals surface area contributed by atoms with E-state index in [1.807, 2.05) is 14.0 Å². The molecule has 5 nitrogen and oxygen atoms in total. The van der Waals surface area contributed by atoms with Crippen LogP contribution in [0.5, 0.6) is 0 Å². The lowest BCUT2D eigenvalue weighted by Crippen LogP contribution is -2.47. The highest BCUT2D eigenvalue weighted by Gasteiger charge is 2.40. The zero-order chi connectivity index (χ0) is 15.6. The predicted molar refractivity (Wildman–Crippen MR) is 81.1 cm³/mol. The molecule has 2 saturated carbocycles. The summed E-state index contributed by atoms with van der Waals surface area (Å²) in [4.78, 5) is 26.9.